The molecule has 0 bridgehead atoms. The fraction of sp³-hybridized carbons (Fsp3) is 0.400. The Morgan fingerprint density at radius 2 is 2.29 bits per heavy atom. The maximum atomic E-state index is 11.7. The first kappa shape index (κ1) is 10.6. The number of aromatic amines is 1. The van der Waals surface area contributed by atoms with Crippen LogP contribution >= 0.6 is 0 Å². The maximum absolute atomic E-state index is 11.7. The predicted molar refractivity (Wildman–Crippen MR) is 69.1 cm³/mol. The van der Waals surface area contributed by atoms with Crippen molar-refractivity contribution < 1.29 is 4.79 Å². The van der Waals surface area contributed by atoms with Crippen LogP contribution in [0.4, 0.5) is 0 Å². The van der Waals surface area contributed by atoms with E-state index in [1.54, 1.807) is 0 Å². The third-order valence-electron chi connectivity index (χ3n) is 3.82. The molecule has 0 saturated heterocycles. The Kier molecular flexibility index (Phi) is 2.50. The van der Waals surface area contributed by atoms with E-state index < -0.39 is 0 Å². The molecule has 1 unspecified atom stereocenters. The van der Waals surface area contributed by atoms with E-state index >= 15 is 0 Å². The average Bonchev–Trinajstić information content (AvgIpc) is 2.87. The summed E-state index contributed by atoms with van der Waals surface area (Å²) in [7, 11) is 0. The molecule has 1 aliphatic carbocycles. The number of aryl methyl sites for hydroxylation is 1. The third-order valence-corrected chi connectivity index (χ3v) is 3.82. The van der Waals surface area contributed by atoms with E-state index in [9.17, 15) is 4.79 Å². The van der Waals surface area contributed by atoms with Crippen molar-refractivity contribution in [2.24, 2.45) is 5.92 Å². The van der Waals surface area contributed by atoms with Crippen LogP contribution in [0.3, 0.4) is 0 Å². The van der Waals surface area contributed by atoms with E-state index in [1.165, 1.54) is 22.0 Å². The fourth-order valence-electron chi connectivity index (χ4n) is 2.84. The number of rotatable bonds is 2. The molecule has 1 N–H and O–H groups in total. The van der Waals surface area contributed by atoms with Gasteiger partial charge in [-0.1, -0.05) is 12.1 Å². The monoisotopic (exact) mass is 227 g/mol. The summed E-state index contributed by atoms with van der Waals surface area (Å²) in [5, 5.41) is 1.27. The molecule has 17 heavy (non-hydrogen) atoms. The minimum absolute atomic E-state index is 0.260. The standard InChI is InChI=1S/C15H17NO/c1-10-5-6-13-12(9-16-14(13)7-10)8-11-3-2-4-15(11)17/h5-7,9,11,16H,2-4,8H2,1H3. The molecule has 0 amide bonds. The molecule has 1 aliphatic rings. The van der Waals surface area contributed by atoms with E-state index in [0.29, 0.717) is 5.78 Å². The van der Waals surface area contributed by atoms with Gasteiger partial charge in [-0.3, -0.25) is 4.79 Å². The summed E-state index contributed by atoms with van der Waals surface area (Å²) in [4.78, 5) is 15.0. The molecule has 3 rings (SSSR count). The molecule has 0 spiro atoms. The summed E-state index contributed by atoms with van der Waals surface area (Å²) in [6.45, 7) is 2.10. The van der Waals surface area contributed by atoms with Crippen LogP contribution in [-0.4, -0.2) is 10.8 Å². The highest BCUT2D eigenvalue weighted by molar-refractivity contribution is 5.86. The molecule has 2 nitrogen and oxygen atoms in total. The number of H-pyrrole nitrogens is 1. The van der Waals surface area contributed by atoms with Gasteiger partial charge in [0.25, 0.3) is 0 Å². The summed E-state index contributed by atoms with van der Waals surface area (Å²) in [6.07, 6.45) is 5.89. The van der Waals surface area contributed by atoms with Gasteiger partial charge in [0.2, 0.25) is 0 Å². The van der Waals surface area contributed by atoms with Gasteiger partial charge in [0.1, 0.15) is 5.78 Å². The summed E-state index contributed by atoms with van der Waals surface area (Å²) >= 11 is 0. The van der Waals surface area contributed by atoms with Gasteiger partial charge in [-0.15, -0.1) is 0 Å². The quantitative estimate of drug-likeness (QED) is 0.838. The number of fused-ring (bicyclic) bond motifs is 1. The third kappa shape index (κ3) is 1.88. The Hall–Kier alpha value is -1.57. The molecule has 1 heterocycles. The van der Waals surface area contributed by atoms with Gasteiger partial charge >= 0.3 is 0 Å². The smallest absolute Gasteiger partial charge is 0.136 e. The van der Waals surface area contributed by atoms with Crippen molar-refractivity contribution >= 4 is 16.7 Å². The van der Waals surface area contributed by atoms with Gasteiger partial charge in [0.05, 0.1) is 0 Å². The Bertz CT molecular complexity index is 567. The Morgan fingerprint density at radius 3 is 3.06 bits per heavy atom. The lowest BCUT2D eigenvalue weighted by molar-refractivity contribution is -0.120. The zero-order valence-electron chi connectivity index (χ0n) is 10.1. The number of benzene rings is 1. The predicted octanol–water partition coefficient (Wildman–Crippen LogP) is 3.39. The number of aromatic nitrogens is 1. The summed E-state index contributed by atoms with van der Waals surface area (Å²) in [5.74, 6) is 0.710. The Labute approximate surface area is 101 Å². The van der Waals surface area contributed by atoms with Crippen LogP contribution < -0.4 is 0 Å². The van der Waals surface area contributed by atoms with Gasteiger partial charge in [-0.05, 0) is 43.4 Å². The molecule has 0 radical (unpaired) electrons. The molecular formula is C15H17NO. The lowest BCUT2D eigenvalue weighted by Crippen LogP contribution is -2.09. The van der Waals surface area contributed by atoms with Crippen molar-refractivity contribution in [2.75, 3.05) is 0 Å². The minimum Gasteiger partial charge on any atom is -0.361 e. The van der Waals surface area contributed by atoms with E-state index in [1.807, 2.05) is 0 Å². The first-order valence-corrected chi connectivity index (χ1v) is 6.33. The second-order valence-electron chi connectivity index (χ2n) is 5.12. The second kappa shape index (κ2) is 4.02. The SMILES string of the molecule is Cc1ccc2c(CC3CCCC3=O)c[nH]c2c1. The molecular weight excluding hydrogens is 210 g/mol. The molecule has 1 fully saturated rings. The van der Waals surface area contributed by atoms with Crippen molar-refractivity contribution in [3.63, 3.8) is 0 Å². The van der Waals surface area contributed by atoms with Crippen molar-refractivity contribution in [1.82, 2.24) is 4.98 Å². The summed E-state index contributed by atoms with van der Waals surface area (Å²) in [5.41, 5.74) is 3.74. The van der Waals surface area contributed by atoms with E-state index in [-0.39, 0.29) is 5.92 Å². The molecule has 1 atom stereocenters. The van der Waals surface area contributed by atoms with E-state index in [4.69, 9.17) is 0 Å². The summed E-state index contributed by atoms with van der Waals surface area (Å²) < 4.78 is 0. The van der Waals surface area contributed by atoms with Gasteiger partial charge in [-0.25, -0.2) is 0 Å². The van der Waals surface area contributed by atoms with Crippen LogP contribution in [0.5, 0.6) is 0 Å². The van der Waals surface area contributed by atoms with Crippen molar-refractivity contribution in [3.8, 4) is 0 Å². The number of hydrogen-bond acceptors (Lipinski definition) is 1. The number of hydrogen-bond donors (Lipinski definition) is 1. The number of carbonyl (C=O) groups excluding carboxylic acids is 1. The average molecular weight is 227 g/mol. The van der Waals surface area contributed by atoms with Crippen LogP contribution in [0.25, 0.3) is 10.9 Å². The molecule has 2 heteroatoms. The van der Waals surface area contributed by atoms with Gasteiger partial charge in [-0.2, -0.15) is 0 Å². The van der Waals surface area contributed by atoms with Crippen LogP contribution in [-0.2, 0) is 11.2 Å². The van der Waals surface area contributed by atoms with Gasteiger partial charge in [0.15, 0.2) is 0 Å². The Morgan fingerprint density at radius 1 is 1.41 bits per heavy atom. The van der Waals surface area contributed by atoms with Crippen LogP contribution in [0.2, 0.25) is 0 Å². The number of ketones is 1. The lowest BCUT2D eigenvalue weighted by Gasteiger charge is -2.06. The minimum atomic E-state index is 0.260. The van der Waals surface area contributed by atoms with Gasteiger partial charge in [0, 0.05) is 29.4 Å². The molecule has 88 valence electrons. The normalized spacial score (nSPS) is 20.3. The van der Waals surface area contributed by atoms with Crippen LogP contribution in [0.1, 0.15) is 30.4 Å². The number of carbonyl (C=O) groups is 1. The molecule has 2 aromatic rings. The highest BCUT2D eigenvalue weighted by Crippen LogP contribution is 2.28. The highest BCUT2D eigenvalue weighted by atomic mass is 16.1. The summed E-state index contributed by atoms with van der Waals surface area (Å²) in [6, 6.07) is 6.46. The molecule has 1 saturated carbocycles. The topological polar surface area (TPSA) is 32.9 Å². The van der Waals surface area contributed by atoms with E-state index in [0.717, 1.165) is 25.7 Å². The fourth-order valence-corrected chi connectivity index (χ4v) is 2.84. The largest absolute Gasteiger partial charge is 0.361 e. The lowest BCUT2D eigenvalue weighted by atomic mass is 9.97. The second-order valence-corrected chi connectivity index (χ2v) is 5.12. The van der Waals surface area contributed by atoms with Crippen LogP contribution in [0, 0.1) is 12.8 Å². The van der Waals surface area contributed by atoms with Gasteiger partial charge < -0.3 is 4.98 Å². The molecule has 1 aromatic carbocycles. The molecule has 0 aliphatic heterocycles. The molecule has 1 aromatic heterocycles. The Balaban J connectivity index is 1.93. The number of nitrogens with one attached hydrogen (secondary N) is 1. The van der Waals surface area contributed by atoms with Crippen LogP contribution in [0.15, 0.2) is 24.4 Å². The van der Waals surface area contributed by atoms with Crippen molar-refractivity contribution in [2.45, 2.75) is 32.6 Å². The maximum Gasteiger partial charge on any atom is 0.136 e. The zero-order valence-corrected chi connectivity index (χ0v) is 10.1. The highest BCUT2D eigenvalue weighted by Gasteiger charge is 2.25. The first-order chi connectivity index (χ1) is 8.24. The zero-order chi connectivity index (χ0) is 11.8. The number of Topliss-reactive ketones (excluding diaryl/α,β-unsaturated/α-hetero) is 1. The van der Waals surface area contributed by atoms with E-state index in [2.05, 4.69) is 36.3 Å². The van der Waals surface area contributed by atoms with Crippen molar-refractivity contribution in [1.29, 1.82) is 0 Å². The van der Waals surface area contributed by atoms with Crippen molar-refractivity contribution in [3.05, 3.63) is 35.5 Å². The first-order valence-electron chi connectivity index (χ1n) is 6.33.